The van der Waals surface area contributed by atoms with Crippen molar-refractivity contribution in [2.24, 2.45) is 0 Å². The number of allylic oxidation sites excluding steroid dienone is 5. The molecule has 4 aromatic heterocycles. The Kier molecular flexibility index (Phi) is 8.27. The molecule has 0 amide bonds. The zero-order chi connectivity index (χ0) is 41.8. The fourth-order valence-corrected chi connectivity index (χ4v) is 12.1. The number of thiophene rings is 2. The Morgan fingerprint density at radius 1 is 0.419 bits per heavy atom. The number of hydrogen-bond acceptors (Lipinski definition) is 2. The van der Waals surface area contributed by atoms with Crippen LogP contribution in [0.5, 0.6) is 0 Å². The van der Waals surface area contributed by atoms with Crippen LogP contribution in [0.2, 0.25) is 0 Å². The van der Waals surface area contributed by atoms with Crippen LogP contribution in [0.1, 0.15) is 25.0 Å². The molecule has 0 N–H and O–H groups in total. The van der Waals surface area contributed by atoms with Crippen LogP contribution in [0.15, 0.2) is 182 Å². The summed E-state index contributed by atoms with van der Waals surface area (Å²) in [5, 5.41) is 9.63. The molecule has 0 radical (unpaired) electrons. The molecule has 0 saturated heterocycles. The van der Waals surface area contributed by atoms with Gasteiger partial charge in [-0.05, 0) is 109 Å². The van der Waals surface area contributed by atoms with Crippen LogP contribution in [-0.4, -0.2) is 9.13 Å². The molecule has 0 unspecified atom stereocenters. The van der Waals surface area contributed by atoms with E-state index in [2.05, 4.69) is 144 Å². The lowest BCUT2D eigenvalue weighted by Gasteiger charge is -2.24. The van der Waals surface area contributed by atoms with Crippen molar-refractivity contribution in [1.29, 1.82) is 0 Å². The Bertz CT molecular complexity index is 3910. The Morgan fingerprint density at radius 2 is 0.855 bits per heavy atom. The average molecular weight is 839 g/mol. The average Bonchev–Trinajstić information content (AvgIpc) is 4.06. The molecule has 0 saturated carbocycles. The number of halogens is 2. The van der Waals surface area contributed by atoms with Gasteiger partial charge in [0.05, 0.1) is 27.8 Å². The quantitative estimate of drug-likeness (QED) is 0.148. The van der Waals surface area contributed by atoms with Crippen molar-refractivity contribution in [3.05, 3.63) is 205 Å². The van der Waals surface area contributed by atoms with Crippen LogP contribution in [-0.2, 0) is 0 Å². The molecule has 4 heterocycles. The number of para-hydroxylation sites is 2. The van der Waals surface area contributed by atoms with Crippen molar-refractivity contribution in [2.75, 3.05) is 0 Å². The summed E-state index contributed by atoms with van der Waals surface area (Å²) in [5.41, 5.74) is 10.3. The summed E-state index contributed by atoms with van der Waals surface area (Å²) in [5.74, 6) is -0.636. The van der Waals surface area contributed by atoms with Crippen molar-refractivity contribution >= 4 is 129 Å². The lowest BCUT2D eigenvalue weighted by atomic mass is 9.90. The summed E-state index contributed by atoms with van der Waals surface area (Å²) in [6, 6.07) is 56.8. The maximum Gasteiger partial charge on any atom is 0.123 e. The van der Waals surface area contributed by atoms with Crippen LogP contribution in [0.4, 0.5) is 8.78 Å². The first kappa shape index (κ1) is 36.7. The summed E-state index contributed by atoms with van der Waals surface area (Å²) in [6.45, 7) is 9.21. The van der Waals surface area contributed by atoms with Crippen molar-refractivity contribution in [3.63, 3.8) is 0 Å². The monoisotopic (exact) mass is 838 g/mol. The second-order valence-electron chi connectivity index (χ2n) is 16.0. The lowest BCUT2D eigenvalue weighted by molar-refractivity contribution is 0.627. The highest BCUT2D eigenvalue weighted by Gasteiger charge is 2.26. The van der Waals surface area contributed by atoms with Crippen LogP contribution in [0, 0.1) is 11.6 Å². The maximum absolute atomic E-state index is 15.0. The standard InChI is InChI=1S/C56H36F2N2S2/c1-32(34(3)59-43-16-8-4-12-39(43)52-45(59)28-30-49-54(52)41-14-6-10-18-47(41)61-49)51(36-22-26-38(58)27-23-36)56(33(2)35-20-24-37(57)25-21-35)60-44-17-9-5-13-40(44)53-46(60)29-31-50-55(53)42-15-7-11-19-48(42)62-50/h4-31H,2H2,1,3H3/b34-32+,56-51-. The van der Waals surface area contributed by atoms with E-state index in [9.17, 15) is 4.39 Å². The minimum atomic E-state index is -0.319. The molecule has 12 aromatic rings. The third-order valence-corrected chi connectivity index (χ3v) is 15.0. The van der Waals surface area contributed by atoms with Gasteiger partial charge in [0.2, 0.25) is 0 Å². The highest BCUT2D eigenvalue weighted by Crippen LogP contribution is 2.49. The molecular formula is C56H36F2N2S2. The molecule has 8 aromatic carbocycles. The normalized spacial score (nSPS) is 13.1. The van der Waals surface area contributed by atoms with Gasteiger partial charge in [0.25, 0.3) is 0 Å². The lowest BCUT2D eigenvalue weighted by Crippen LogP contribution is -2.07. The summed E-state index contributed by atoms with van der Waals surface area (Å²) >= 11 is 3.63. The molecule has 0 aliphatic carbocycles. The van der Waals surface area contributed by atoms with E-state index in [-0.39, 0.29) is 11.6 Å². The Labute approximate surface area is 363 Å². The minimum absolute atomic E-state index is 0.316. The van der Waals surface area contributed by atoms with Crippen LogP contribution >= 0.6 is 22.7 Å². The number of nitrogens with zero attached hydrogens (tertiary/aromatic N) is 2. The van der Waals surface area contributed by atoms with Gasteiger partial charge in [-0.3, -0.25) is 0 Å². The zero-order valence-electron chi connectivity index (χ0n) is 33.8. The highest BCUT2D eigenvalue weighted by molar-refractivity contribution is 7.26. The van der Waals surface area contributed by atoms with Crippen molar-refractivity contribution in [2.45, 2.75) is 13.8 Å². The van der Waals surface area contributed by atoms with E-state index in [0.29, 0.717) is 5.57 Å². The van der Waals surface area contributed by atoms with E-state index in [4.69, 9.17) is 6.58 Å². The van der Waals surface area contributed by atoms with Gasteiger partial charge in [0, 0.05) is 73.2 Å². The summed E-state index contributed by atoms with van der Waals surface area (Å²) in [6.07, 6.45) is 0. The zero-order valence-corrected chi connectivity index (χ0v) is 35.5. The maximum atomic E-state index is 15.0. The minimum Gasteiger partial charge on any atom is -0.313 e. The molecule has 0 aliphatic rings. The van der Waals surface area contributed by atoms with Crippen molar-refractivity contribution < 1.29 is 8.78 Å². The first-order valence-electron chi connectivity index (χ1n) is 20.7. The fourth-order valence-electron chi connectivity index (χ4n) is 9.83. The summed E-state index contributed by atoms with van der Waals surface area (Å²) in [4.78, 5) is 0. The van der Waals surface area contributed by atoms with Crippen LogP contribution in [0.25, 0.3) is 106 Å². The van der Waals surface area contributed by atoms with Crippen molar-refractivity contribution in [3.8, 4) is 0 Å². The Balaban J connectivity index is 1.25. The van der Waals surface area contributed by atoms with Gasteiger partial charge in [-0.1, -0.05) is 104 Å². The van der Waals surface area contributed by atoms with E-state index < -0.39 is 0 Å². The fraction of sp³-hybridized carbons (Fsp3) is 0.0357. The van der Waals surface area contributed by atoms with Gasteiger partial charge in [-0.25, -0.2) is 8.78 Å². The van der Waals surface area contributed by atoms with E-state index >= 15 is 4.39 Å². The largest absolute Gasteiger partial charge is 0.313 e. The summed E-state index contributed by atoms with van der Waals surface area (Å²) < 4.78 is 39.4. The molecule has 0 bridgehead atoms. The predicted molar refractivity (Wildman–Crippen MR) is 264 cm³/mol. The van der Waals surface area contributed by atoms with E-state index in [1.807, 2.05) is 23.5 Å². The smallest absolute Gasteiger partial charge is 0.123 e. The third-order valence-electron chi connectivity index (χ3n) is 12.7. The third kappa shape index (κ3) is 5.36. The first-order chi connectivity index (χ1) is 30.4. The number of hydrogen-bond donors (Lipinski definition) is 0. The molecule has 0 aliphatic heterocycles. The molecule has 0 fully saturated rings. The second-order valence-corrected chi connectivity index (χ2v) is 18.2. The molecule has 2 nitrogen and oxygen atoms in total. The van der Waals surface area contributed by atoms with E-state index in [1.165, 1.54) is 75.4 Å². The Hall–Kier alpha value is -7.12. The topological polar surface area (TPSA) is 9.86 Å². The van der Waals surface area contributed by atoms with Gasteiger partial charge in [0.1, 0.15) is 11.6 Å². The molecular weight excluding hydrogens is 803 g/mol. The summed E-state index contributed by atoms with van der Waals surface area (Å²) in [7, 11) is 0. The van der Waals surface area contributed by atoms with Gasteiger partial charge in [0.15, 0.2) is 0 Å². The number of benzene rings is 8. The molecule has 0 spiro atoms. The van der Waals surface area contributed by atoms with E-state index in [1.54, 1.807) is 23.5 Å². The van der Waals surface area contributed by atoms with Gasteiger partial charge < -0.3 is 9.13 Å². The van der Waals surface area contributed by atoms with E-state index in [0.717, 1.165) is 66.5 Å². The van der Waals surface area contributed by atoms with Crippen LogP contribution in [0.3, 0.4) is 0 Å². The molecule has 62 heavy (non-hydrogen) atoms. The number of rotatable bonds is 6. The number of fused-ring (bicyclic) bond motifs is 14. The first-order valence-corrected chi connectivity index (χ1v) is 22.3. The molecule has 0 atom stereocenters. The highest BCUT2D eigenvalue weighted by atomic mass is 32.1. The van der Waals surface area contributed by atoms with Gasteiger partial charge in [-0.15, -0.1) is 22.7 Å². The Morgan fingerprint density at radius 3 is 1.39 bits per heavy atom. The predicted octanol–water partition coefficient (Wildman–Crippen LogP) is 16.9. The molecule has 12 rings (SSSR count). The molecule has 6 heteroatoms. The van der Waals surface area contributed by atoms with Gasteiger partial charge >= 0.3 is 0 Å². The van der Waals surface area contributed by atoms with Crippen molar-refractivity contribution in [1.82, 2.24) is 9.13 Å². The SMILES string of the molecule is C=C(/C(=C(\C(C)=C(/C)n1c2ccccc2c2c3c(ccc21)sc1ccccc13)c1ccc(F)cc1)n1c2ccccc2c2c3c(ccc21)sc1ccccc13)c1ccc(F)cc1. The number of aromatic nitrogens is 2. The second kappa shape index (κ2) is 14.0. The molecule has 296 valence electrons. The van der Waals surface area contributed by atoms with Gasteiger partial charge in [-0.2, -0.15) is 0 Å². The van der Waals surface area contributed by atoms with Crippen LogP contribution < -0.4 is 0 Å².